The molecule has 0 aromatic heterocycles. The van der Waals surface area contributed by atoms with E-state index in [0.29, 0.717) is 18.0 Å². The van der Waals surface area contributed by atoms with Gasteiger partial charge in [0, 0.05) is 30.6 Å². The third kappa shape index (κ3) is 7.00. The van der Waals surface area contributed by atoms with Gasteiger partial charge in [0.2, 0.25) is 10.0 Å². The normalized spacial score (nSPS) is 21.8. The largest absolute Gasteiger partial charge is 0.311 e. The van der Waals surface area contributed by atoms with Crippen LogP contribution in [0, 0.1) is 0 Å². The van der Waals surface area contributed by atoms with Gasteiger partial charge in [0.05, 0.1) is 5.75 Å². The highest BCUT2D eigenvalue weighted by Gasteiger charge is 2.39. The van der Waals surface area contributed by atoms with E-state index in [9.17, 15) is 13.2 Å². The number of sulfonamides is 1. The Kier molecular flexibility index (Phi) is 7.63. The number of likely N-dealkylation sites (tertiary alicyclic amines) is 1. The predicted octanol–water partition coefficient (Wildman–Crippen LogP) is 3.28. The van der Waals surface area contributed by atoms with E-state index in [0.717, 1.165) is 25.2 Å². The van der Waals surface area contributed by atoms with Gasteiger partial charge in [-0.3, -0.25) is 9.69 Å². The first kappa shape index (κ1) is 23.7. The van der Waals surface area contributed by atoms with Crippen molar-refractivity contribution in [1.29, 1.82) is 0 Å². The second kappa shape index (κ2) is 10.6. The van der Waals surface area contributed by atoms with Crippen molar-refractivity contribution in [2.24, 2.45) is 0 Å². The molecule has 4 rings (SSSR count). The minimum Gasteiger partial charge on any atom is -0.311 e. The average molecular weight is 468 g/mol. The fourth-order valence-corrected chi connectivity index (χ4v) is 4.95. The Morgan fingerprint density at radius 1 is 1.06 bits per heavy atom. The maximum absolute atomic E-state index is 11.7. The molecule has 1 heterocycles. The summed E-state index contributed by atoms with van der Waals surface area (Å²) in [6.45, 7) is 4.59. The highest BCUT2D eigenvalue weighted by atomic mass is 32.2. The number of hydrogen-bond donors (Lipinski definition) is 2. The molecule has 2 aromatic carbocycles. The summed E-state index contributed by atoms with van der Waals surface area (Å²) in [5.41, 5.74) is 3.56. The van der Waals surface area contributed by atoms with Crippen LogP contribution < -0.4 is 10.0 Å². The molecule has 2 N–H and O–H groups in total. The molecule has 1 unspecified atom stereocenters. The molecule has 1 aliphatic heterocycles. The Balaban J connectivity index is 1.18. The Morgan fingerprint density at radius 2 is 1.76 bits per heavy atom. The molecular weight excluding hydrogens is 434 g/mol. The molecule has 6 nitrogen and oxygen atoms in total. The molecule has 1 aliphatic carbocycles. The fraction of sp³-hybridized carbons (Fsp3) is 0.423. The summed E-state index contributed by atoms with van der Waals surface area (Å²) in [5, 5.41) is 3.87. The third-order valence-electron chi connectivity index (χ3n) is 6.50. The molecule has 1 saturated carbocycles. The van der Waals surface area contributed by atoms with Crippen molar-refractivity contribution in [3.8, 4) is 0 Å². The summed E-state index contributed by atoms with van der Waals surface area (Å²) in [5.74, 6) is -0.0683. The van der Waals surface area contributed by atoms with Gasteiger partial charge in [-0.1, -0.05) is 54.6 Å². The molecule has 2 fully saturated rings. The summed E-state index contributed by atoms with van der Waals surface area (Å²) in [6, 6.07) is 20.1. The zero-order valence-corrected chi connectivity index (χ0v) is 19.9. The lowest BCUT2D eigenvalue weighted by Gasteiger charge is -2.32. The minimum atomic E-state index is -3.53. The second-order valence-corrected chi connectivity index (χ2v) is 11.0. The molecule has 2 aromatic rings. The van der Waals surface area contributed by atoms with Gasteiger partial charge in [0.15, 0.2) is 0 Å². The van der Waals surface area contributed by atoms with E-state index in [2.05, 4.69) is 52.7 Å². The molecule has 1 saturated heterocycles. The lowest BCUT2D eigenvalue weighted by atomic mass is 10.0. The Hall–Kier alpha value is -2.48. The zero-order valence-electron chi connectivity index (χ0n) is 19.1. The van der Waals surface area contributed by atoms with Gasteiger partial charge in [0.25, 0.3) is 5.91 Å². The maximum atomic E-state index is 11.7. The quantitative estimate of drug-likeness (QED) is 0.554. The highest BCUT2D eigenvalue weighted by molar-refractivity contribution is 7.90. The van der Waals surface area contributed by atoms with Crippen molar-refractivity contribution in [3.63, 3.8) is 0 Å². The molecule has 1 amide bonds. The van der Waals surface area contributed by atoms with Crippen LogP contribution in [0.5, 0.6) is 0 Å². The van der Waals surface area contributed by atoms with Gasteiger partial charge in [-0.05, 0) is 62.0 Å². The van der Waals surface area contributed by atoms with Crippen molar-refractivity contribution >= 4 is 22.0 Å². The van der Waals surface area contributed by atoms with Crippen molar-refractivity contribution < 1.29 is 13.2 Å². The first-order valence-corrected chi connectivity index (χ1v) is 13.4. The molecule has 7 heteroatoms. The van der Waals surface area contributed by atoms with Crippen molar-refractivity contribution in [3.05, 3.63) is 77.4 Å². The number of hydrogen-bond acceptors (Lipinski definition) is 5. The van der Waals surface area contributed by atoms with E-state index in [1.54, 1.807) is 6.08 Å². The van der Waals surface area contributed by atoms with E-state index in [-0.39, 0.29) is 5.75 Å². The summed E-state index contributed by atoms with van der Waals surface area (Å²) in [4.78, 5) is 14.2. The summed E-state index contributed by atoms with van der Waals surface area (Å²) in [6.07, 6.45) is 6.48. The third-order valence-corrected chi connectivity index (χ3v) is 7.78. The Labute approximate surface area is 197 Å². The number of nitrogens with one attached hydrogen (secondary N) is 2. The van der Waals surface area contributed by atoms with E-state index in [4.69, 9.17) is 0 Å². The number of piperidine rings is 1. The van der Waals surface area contributed by atoms with Crippen molar-refractivity contribution in [2.75, 3.05) is 18.8 Å². The number of carbonyl (C=O) groups excluding carboxylic acids is 1. The Morgan fingerprint density at radius 3 is 2.42 bits per heavy atom. The van der Waals surface area contributed by atoms with Crippen LogP contribution in [-0.2, 0) is 21.4 Å². The molecule has 2 aliphatic rings. The van der Waals surface area contributed by atoms with Crippen molar-refractivity contribution in [2.45, 2.75) is 50.7 Å². The minimum absolute atomic E-state index is 0.122. The SMILES string of the molecule is CCS(=O)(=O)NC(=O)/C=C/c1ccc(CN2CCC(NC3C[C@H]3c3ccccc3)CC2)cc1. The standard InChI is InChI=1S/C26H33N3O3S/c1-2-33(31,32)28-26(30)13-12-20-8-10-21(11-9-20)19-29-16-14-23(15-17-29)27-25-18-24(25)22-6-4-3-5-7-22/h3-13,23-25,27H,2,14-19H2,1H3,(H,28,30)/b13-12+/t24-,25?/m0/s1. The van der Waals surface area contributed by atoms with Gasteiger partial charge in [-0.25, -0.2) is 13.1 Å². The molecular formula is C26H33N3O3S. The average Bonchev–Trinajstić information content (AvgIpc) is 3.59. The van der Waals surface area contributed by atoms with Crippen LogP contribution in [0.4, 0.5) is 0 Å². The first-order chi connectivity index (χ1) is 15.9. The number of rotatable bonds is 9. The number of benzene rings is 2. The number of nitrogens with zero attached hydrogens (tertiary/aromatic N) is 1. The van der Waals surface area contributed by atoms with Crippen LogP contribution in [0.1, 0.15) is 48.8 Å². The molecule has 0 radical (unpaired) electrons. The molecule has 0 bridgehead atoms. The topological polar surface area (TPSA) is 78.5 Å². The molecule has 2 atom stereocenters. The van der Waals surface area contributed by atoms with E-state index < -0.39 is 15.9 Å². The van der Waals surface area contributed by atoms with Gasteiger partial charge in [-0.2, -0.15) is 0 Å². The van der Waals surface area contributed by atoms with E-state index in [1.165, 1.54) is 43.4 Å². The van der Waals surface area contributed by atoms with Gasteiger partial charge in [-0.15, -0.1) is 0 Å². The molecule has 176 valence electrons. The summed E-state index contributed by atoms with van der Waals surface area (Å²) >= 11 is 0. The smallest absolute Gasteiger partial charge is 0.257 e. The number of amides is 1. The van der Waals surface area contributed by atoms with Crippen LogP contribution in [0.15, 0.2) is 60.7 Å². The Bertz CT molecular complexity index is 1060. The van der Waals surface area contributed by atoms with E-state index in [1.807, 2.05) is 16.9 Å². The first-order valence-electron chi connectivity index (χ1n) is 11.8. The lowest BCUT2D eigenvalue weighted by Crippen LogP contribution is -2.43. The van der Waals surface area contributed by atoms with Gasteiger partial charge < -0.3 is 5.32 Å². The maximum Gasteiger partial charge on any atom is 0.257 e. The van der Waals surface area contributed by atoms with Crippen molar-refractivity contribution in [1.82, 2.24) is 14.9 Å². The van der Waals surface area contributed by atoms with E-state index >= 15 is 0 Å². The summed E-state index contributed by atoms with van der Waals surface area (Å²) < 4.78 is 24.9. The second-order valence-electron chi connectivity index (χ2n) is 9.02. The van der Waals surface area contributed by atoms with Crippen LogP contribution in [-0.4, -0.2) is 50.2 Å². The van der Waals surface area contributed by atoms with Crippen LogP contribution in [0.25, 0.3) is 6.08 Å². The predicted molar refractivity (Wildman–Crippen MR) is 132 cm³/mol. The zero-order chi connectivity index (χ0) is 23.3. The lowest BCUT2D eigenvalue weighted by molar-refractivity contribution is -0.114. The number of carbonyl (C=O) groups is 1. The van der Waals surface area contributed by atoms with Gasteiger partial charge in [0.1, 0.15) is 0 Å². The van der Waals surface area contributed by atoms with Crippen LogP contribution in [0.3, 0.4) is 0 Å². The fourth-order valence-electron chi connectivity index (χ4n) is 4.43. The summed E-state index contributed by atoms with van der Waals surface area (Å²) in [7, 11) is -3.53. The van der Waals surface area contributed by atoms with Crippen LogP contribution in [0.2, 0.25) is 0 Å². The highest BCUT2D eigenvalue weighted by Crippen LogP contribution is 2.41. The monoisotopic (exact) mass is 467 g/mol. The molecule has 33 heavy (non-hydrogen) atoms. The molecule has 0 spiro atoms. The van der Waals surface area contributed by atoms with Crippen LogP contribution >= 0.6 is 0 Å². The van der Waals surface area contributed by atoms with Gasteiger partial charge >= 0.3 is 0 Å².